The average molecular weight is 305 g/mol. The van der Waals surface area contributed by atoms with Gasteiger partial charge in [-0.1, -0.05) is 20.8 Å². The summed E-state index contributed by atoms with van der Waals surface area (Å²) in [4.78, 5) is 10.7. The largest absolute Gasteiger partial charge is 0.326 e. The van der Waals surface area contributed by atoms with Crippen LogP contribution < -0.4 is 5.32 Å². The summed E-state index contributed by atoms with van der Waals surface area (Å²) in [5, 5.41) is 2.35. The Hall–Kier alpha value is -1.50. The molecule has 0 atom stereocenters. The highest BCUT2D eigenvalue weighted by Crippen LogP contribution is 2.24. The zero-order valence-electron chi connectivity index (χ0n) is 11.8. The molecule has 0 radical (unpaired) electrons. The lowest BCUT2D eigenvalue weighted by molar-refractivity contribution is -0.117. The number of halogens is 2. The molecule has 112 valence electrons. The first kappa shape index (κ1) is 16.6. The van der Waals surface area contributed by atoms with Gasteiger partial charge in [-0.2, -0.15) is 0 Å². The Morgan fingerprint density at radius 2 is 1.65 bits per heavy atom. The van der Waals surface area contributed by atoms with Gasteiger partial charge in [0.2, 0.25) is 5.91 Å². The maximum atomic E-state index is 13.6. The summed E-state index contributed by atoms with van der Waals surface area (Å²) >= 11 is 0. The third-order valence-electron chi connectivity index (χ3n) is 2.34. The lowest BCUT2D eigenvalue weighted by Gasteiger charge is -2.17. The van der Waals surface area contributed by atoms with Crippen molar-refractivity contribution in [1.29, 1.82) is 0 Å². The van der Waals surface area contributed by atoms with Gasteiger partial charge < -0.3 is 5.32 Å². The molecule has 0 saturated heterocycles. The SMILES string of the molecule is CC(C)(C)CC(=O)Nc1cc(F)c(S(C)(=O)=O)c(F)c1. The van der Waals surface area contributed by atoms with E-state index in [4.69, 9.17) is 0 Å². The molecule has 1 N–H and O–H groups in total. The van der Waals surface area contributed by atoms with Crippen LogP contribution >= 0.6 is 0 Å². The number of anilines is 1. The van der Waals surface area contributed by atoms with Crippen molar-refractivity contribution in [2.45, 2.75) is 32.1 Å². The Morgan fingerprint density at radius 3 is 2.00 bits per heavy atom. The first-order valence-corrected chi connectivity index (χ1v) is 7.78. The predicted octanol–water partition coefficient (Wildman–Crippen LogP) is 2.74. The first-order chi connectivity index (χ1) is 8.90. The van der Waals surface area contributed by atoms with Gasteiger partial charge in [-0.05, 0) is 17.5 Å². The lowest BCUT2D eigenvalue weighted by atomic mass is 9.92. The molecule has 0 aromatic heterocycles. The van der Waals surface area contributed by atoms with E-state index in [0.29, 0.717) is 6.26 Å². The van der Waals surface area contributed by atoms with Gasteiger partial charge in [-0.3, -0.25) is 4.79 Å². The number of sulfone groups is 1. The molecular formula is C13H17F2NO3S. The molecule has 0 bridgehead atoms. The van der Waals surface area contributed by atoms with Gasteiger partial charge in [0.25, 0.3) is 0 Å². The highest BCUT2D eigenvalue weighted by molar-refractivity contribution is 7.90. The summed E-state index contributed by atoms with van der Waals surface area (Å²) in [7, 11) is -4.00. The fraction of sp³-hybridized carbons (Fsp3) is 0.462. The van der Waals surface area contributed by atoms with E-state index in [-0.39, 0.29) is 17.5 Å². The number of benzene rings is 1. The fourth-order valence-electron chi connectivity index (χ4n) is 1.67. The summed E-state index contributed by atoms with van der Waals surface area (Å²) < 4.78 is 49.7. The molecule has 1 rings (SSSR count). The van der Waals surface area contributed by atoms with E-state index in [2.05, 4.69) is 5.32 Å². The summed E-state index contributed by atoms with van der Waals surface area (Å²) in [6.07, 6.45) is 0.885. The first-order valence-electron chi connectivity index (χ1n) is 5.89. The van der Waals surface area contributed by atoms with E-state index in [1.807, 2.05) is 20.8 Å². The van der Waals surface area contributed by atoms with Gasteiger partial charge in [0.1, 0.15) is 16.5 Å². The summed E-state index contributed by atoms with van der Waals surface area (Å²) in [6.45, 7) is 5.54. The highest BCUT2D eigenvalue weighted by atomic mass is 32.2. The number of amides is 1. The second-order valence-corrected chi connectivity index (χ2v) is 7.78. The van der Waals surface area contributed by atoms with Crippen LogP contribution in [0.15, 0.2) is 17.0 Å². The standard InChI is InChI=1S/C13H17F2NO3S/c1-13(2,3)7-11(17)16-8-5-9(14)12(10(15)6-8)20(4,18)19/h5-6H,7H2,1-4H3,(H,16,17). The van der Waals surface area contributed by atoms with E-state index in [1.165, 1.54) is 0 Å². The maximum Gasteiger partial charge on any atom is 0.224 e. The molecular weight excluding hydrogens is 288 g/mol. The Labute approximate surface area is 117 Å². The minimum atomic E-state index is -4.00. The van der Waals surface area contributed by atoms with Crippen molar-refractivity contribution in [3.63, 3.8) is 0 Å². The molecule has 1 aromatic rings. The molecule has 0 aliphatic carbocycles. The van der Waals surface area contributed by atoms with E-state index >= 15 is 0 Å². The van der Waals surface area contributed by atoms with Crippen molar-refractivity contribution in [2.24, 2.45) is 5.41 Å². The smallest absolute Gasteiger partial charge is 0.224 e. The zero-order valence-corrected chi connectivity index (χ0v) is 12.6. The summed E-state index contributed by atoms with van der Waals surface area (Å²) in [5.74, 6) is -2.85. The topological polar surface area (TPSA) is 63.2 Å². The summed E-state index contributed by atoms with van der Waals surface area (Å²) in [6, 6.07) is 1.58. The van der Waals surface area contributed by atoms with Crippen LogP contribution in [0.25, 0.3) is 0 Å². The van der Waals surface area contributed by atoms with Crippen LogP contribution in [0.2, 0.25) is 0 Å². The maximum absolute atomic E-state index is 13.6. The van der Waals surface area contributed by atoms with Crippen LogP contribution in [0.1, 0.15) is 27.2 Å². The van der Waals surface area contributed by atoms with Crippen molar-refractivity contribution < 1.29 is 22.0 Å². The molecule has 1 amide bonds. The quantitative estimate of drug-likeness (QED) is 0.934. The van der Waals surface area contributed by atoms with E-state index < -0.39 is 32.3 Å². The van der Waals surface area contributed by atoms with Crippen molar-refractivity contribution in [2.75, 3.05) is 11.6 Å². The number of nitrogens with one attached hydrogen (secondary N) is 1. The number of hydrogen-bond donors (Lipinski definition) is 1. The van der Waals surface area contributed by atoms with Crippen LogP contribution in [-0.4, -0.2) is 20.6 Å². The third kappa shape index (κ3) is 4.56. The molecule has 0 spiro atoms. The lowest BCUT2D eigenvalue weighted by Crippen LogP contribution is -2.20. The Morgan fingerprint density at radius 1 is 1.20 bits per heavy atom. The molecule has 0 aliphatic heterocycles. The molecule has 20 heavy (non-hydrogen) atoms. The molecule has 1 aromatic carbocycles. The molecule has 0 aliphatic rings. The molecule has 4 nitrogen and oxygen atoms in total. The monoisotopic (exact) mass is 305 g/mol. The van der Waals surface area contributed by atoms with Gasteiger partial charge >= 0.3 is 0 Å². The van der Waals surface area contributed by atoms with Gasteiger partial charge in [-0.15, -0.1) is 0 Å². The molecule has 0 fully saturated rings. The van der Waals surface area contributed by atoms with Crippen LogP contribution in [0.3, 0.4) is 0 Å². The van der Waals surface area contributed by atoms with Gasteiger partial charge in [0.05, 0.1) is 0 Å². The van der Waals surface area contributed by atoms with Crippen molar-refractivity contribution in [3.05, 3.63) is 23.8 Å². The van der Waals surface area contributed by atoms with Gasteiger partial charge in [-0.25, -0.2) is 17.2 Å². The number of rotatable bonds is 3. The van der Waals surface area contributed by atoms with E-state index in [1.54, 1.807) is 0 Å². The minimum absolute atomic E-state index is 0.110. The number of carbonyl (C=O) groups is 1. The Balaban J connectivity index is 3.04. The highest BCUT2D eigenvalue weighted by Gasteiger charge is 2.22. The number of hydrogen-bond acceptors (Lipinski definition) is 3. The Bertz CT molecular complexity index is 611. The van der Waals surface area contributed by atoms with Gasteiger partial charge in [0.15, 0.2) is 9.84 Å². The molecule has 7 heteroatoms. The minimum Gasteiger partial charge on any atom is -0.326 e. The van der Waals surface area contributed by atoms with Crippen molar-refractivity contribution in [3.8, 4) is 0 Å². The fourth-order valence-corrected chi connectivity index (χ4v) is 2.50. The normalized spacial score (nSPS) is 12.3. The molecule has 0 unspecified atom stereocenters. The molecule has 0 saturated carbocycles. The van der Waals surface area contributed by atoms with E-state index in [9.17, 15) is 22.0 Å². The second-order valence-electron chi connectivity index (χ2n) is 5.83. The molecule has 0 heterocycles. The third-order valence-corrected chi connectivity index (χ3v) is 3.48. The predicted molar refractivity (Wildman–Crippen MR) is 72.2 cm³/mol. The van der Waals surface area contributed by atoms with Crippen LogP contribution in [0.4, 0.5) is 14.5 Å². The average Bonchev–Trinajstić information content (AvgIpc) is 2.08. The van der Waals surface area contributed by atoms with Crippen molar-refractivity contribution in [1.82, 2.24) is 0 Å². The number of carbonyl (C=O) groups excluding carboxylic acids is 1. The van der Waals surface area contributed by atoms with Crippen LogP contribution in [0.5, 0.6) is 0 Å². The van der Waals surface area contributed by atoms with Crippen LogP contribution in [0, 0.1) is 17.0 Å². The van der Waals surface area contributed by atoms with Crippen molar-refractivity contribution >= 4 is 21.4 Å². The summed E-state index contributed by atoms with van der Waals surface area (Å²) in [5.41, 5.74) is -0.380. The van der Waals surface area contributed by atoms with E-state index in [0.717, 1.165) is 12.1 Å². The zero-order chi connectivity index (χ0) is 15.7. The van der Waals surface area contributed by atoms with Gasteiger partial charge in [0, 0.05) is 18.4 Å². The van der Waals surface area contributed by atoms with Crippen LogP contribution in [-0.2, 0) is 14.6 Å². The Kier molecular flexibility index (Phi) is 4.53. The second kappa shape index (κ2) is 5.47.